The number of benzene rings is 1. The normalized spacial score (nSPS) is 10.1. The highest BCUT2D eigenvalue weighted by Gasteiger charge is 2.11. The molecule has 4 N–H and O–H groups in total. The lowest BCUT2D eigenvalue weighted by molar-refractivity contribution is 0.100. The molecule has 0 aliphatic carbocycles. The van der Waals surface area contributed by atoms with Gasteiger partial charge in [0.2, 0.25) is 12.2 Å². The molecule has 1 heterocycles. The van der Waals surface area contributed by atoms with Crippen LogP contribution in [0.2, 0.25) is 0 Å². The van der Waals surface area contributed by atoms with Gasteiger partial charge in [-0.3, -0.25) is 4.79 Å². The molecular formula is C11H11N5O2. The highest BCUT2D eigenvalue weighted by molar-refractivity contribution is 6.03. The summed E-state index contributed by atoms with van der Waals surface area (Å²) in [5, 5.41) is 3.71. The van der Waals surface area contributed by atoms with Gasteiger partial charge in [-0.2, -0.15) is 9.98 Å². The number of carbonyl (C=O) groups excluding carboxylic acids is 1. The second kappa shape index (κ2) is 4.66. The third kappa shape index (κ3) is 2.34. The molecule has 7 heteroatoms. The van der Waals surface area contributed by atoms with E-state index in [1.165, 1.54) is 6.39 Å². The lowest BCUT2D eigenvalue weighted by Gasteiger charge is -2.03. The molecule has 0 fully saturated rings. The molecule has 2 aromatic rings. The summed E-state index contributed by atoms with van der Waals surface area (Å²) < 4.78 is 4.66. The van der Waals surface area contributed by atoms with E-state index in [1.807, 2.05) is 0 Å². The Morgan fingerprint density at radius 2 is 2.17 bits per heavy atom. The number of guanidine groups is 1. The van der Waals surface area contributed by atoms with E-state index in [1.54, 1.807) is 25.1 Å². The van der Waals surface area contributed by atoms with Crippen molar-refractivity contribution in [3.05, 3.63) is 35.7 Å². The minimum atomic E-state index is -0.479. The zero-order chi connectivity index (χ0) is 13.1. The minimum absolute atomic E-state index is 0.262. The van der Waals surface area contributed by atoms with E-state index in [-0.39, 0.29) is 5.96 Å². The van der Waals surface area contributed by atoms with E-state index in [4.69, 9.17) is 11.5 Å². The van der Waals surface area contributed by atoms with E-state index >= 15 is 0 Å². The Kier molecular flexibility index (Phi) is 3.05. The summed E-state index contributed by atoms with van der Waals surface area (Å²) in [6, 6.07) is 5.09. The van der Waals surface area contributed by atoms with Crippen LogP contribution in [-0.2, 0) is 0 Å². The van der Waals surface area contributed by atoms with Crippen LogP contribution in [0.1, 0.15) is 15.9 Å². The standard InChI is InChI=1S/C11H11N5O2/c1-6-4-7(9-14-5-18-16-9)2-3-8(6)10(17)15-11(12)13/h2-5H,1H3,(H4,12,13,15,17). The number of aromatic nitrogens is 2. The van der Waals surface area contributed by atoms with Crippen LogP contribution in [0.4, 0.5) is 0 Å². The van der Waals surface area contributed by atoms with Gasteiger partial charge < -0.3 is 16.0 Å². The number of nitrogens with two attached hydrogens (primary N) is 2. The highest BCUT2D eigenvalue weighted by atomic mass is 16.5. The van der Waals surface area contributed by atoms with Crippen LogP contribution in [0.3, 0.4) is 0 Å². The van der Waals surface area contributed by atoms with E-state index < -0.39 is 5.91 Å². The van der Waals surface area contributed by atoms with Gasteiger partial charge in [-0.1, -0.05) is 11.2 Å². The van der Waals surface area contributed by atoms with E-state index in [0.717, 1.165) is 11.1 Å². The fraction of sp³-hybridized carbons (Fsp3) is 0.0909. The molecule has 2 rings (SSSR count). The molecule has 0 bridgehead atoms. The van der Waals surface area contributed by atoms with Crippen LogP contribution in [0.5, 0.6) is 0 Å². The van der Waals surface area contributed by atoms with Crippen molar-refractivity contribution in [1.29, 1.82) is 0 Å². The molecule has 18 heavy (non-hydrogen) atoms. The molecule has 0 atom stereocenters. The largest absolute Gasteiger partial charge is 0.370 e. The summed E-state index contributed by atoms with van der Waals surface area (Å²) in [5.41, 5.74) is 12.2. The van der Waals surface area contributed by atoms with Crippen LogP contribution in [0, 0.1) is 6.92 Å². The zero-order valence-corrected chi connectivity index (χ0v) is 9.62. The first-order valence-corrected chi connectivity index (χ1v) is 5.09. The highest BCUT2D eigenvalue weighted by Crippen LogP contribution is 2.19. The monoisotopic (exact) mass is 245 g/mol. The molecule has 0 saturated carbocycles. The van der Waals surface area contributed by atoms with Gasteiger partial charge in [0.25, 0.3) is 5.91 Å². The minimum Gasteiger partial charge on any atom is -0.370 e. The Morgan fingerprint density at radius 3 is 2.72 bits per heavy atom. The first-order chi connectivity index (χ1) is 8.58. The molecule has 92 valence electrons. The van der Waals surface area contributed by atoms with Crippen LogP contribution < -0.4 is 11.5 Å². The third-order valence-electron chi connectivity index (χ3n) is 2.31. The molecule has 0 radical (unpaired) electrons. The number of rotatable bonds is 2. The summed E-state index contributed by atoms with van der Waals surface area (Å²) in [6.45, 7) is 1.78. The quantitative estimate of drug-likeness (QED) is 0.585. The molecule has 1 aromatic heterocycles. The summed E-state index contributed by atoms with van der Waals surface area (Å²) in [6.07, 6.45) is 1.24. The average molecular weight is 245 g/mol. The summed E-state index contributed by atoms with van der Waals surface area (Å²) >= 11 is 0. The summed E-state index contributed by atoms with van der Waals surface area (Å²) in [4.78, 5) is 19.1. The molecule has 7 nitrogen and oxygen atoms in total. The SMILES string of the molecule is Cc1cc(-c2ncon2)ccc1C(=O)N=C(N)N. The Bertz CT molecular complexity index is 600. The lowest BCUT2D eigenvalue weighted by atomic mass is 10.0. The topological polar surface area (TPSA) is 120 Å². The number of hydrogen-bond donors (Lipinski definition) is 2. The average Bonchev–Trinajstić information content (AvgIpc) is 2.80. The van der Waals surface area contributed by atoms with Crippen LogP contribution in [0.15, 0.2) is 34.1 Å². The van der Waals surface area contributed by atoms with Crippen molar-refractivity contribution in [2.45, 2.75) is 6.92 Å². The number of amides is 1. The Balaban J connectivity index is 2.37. The molecule has 0 aliphatic heterocycles. The Hall–Kier alpha value is -2.70. The Morgan fingerprint density at radius 1 is 1.39 bits per heavy atom. The van der Waals surface area contributed by atoms with Gasteiger partial charge in [-0.05, 0) is 24.6 Å². The van der Waals surface area contributed by atoms with E-state index in [0.29, 0.717) is 11.4 Å². The number of nitrogens with zero attached hydrogens (tertiary/aromatic N) is 3. The van der Waals surface area contributed by atoms with Gasteiger partial charge in [0, 0.05) is 11.1 Å². The van der Waals surface area contributed by atoms with Crippen molar-refractivity contribution in [1.82, 2.24) is 10.1 Å². The van der Waals surface area contributed by atoms with Gasteiger partial charge in [-0.15, -0.1) is 0 Å². The van der Waals surface area contributed by atoms with Crippen molar-refractivity contribution in [3.63, 3.8) is 0 Å². The zero-order valence-electron chi connectivity index (χ0n) is 9.62. The fourth-order valence-electron chi connectivity index (χ4n) is 1.52. The molecule has 0 spiro atoms. The predicted molar refractivity (Wildman–Crippen MR) is 64.6 cm³/mol. The maximum absolute atomic E-state index is 11.7. The van der Waals surface area contributed by atoms with Crippen molar-refractivity contribution < 1.29 is 9.32 Å². The molecule has 1 amide bonds. The number of aryl methyl sites for hydroxylation is 1. The molecule has 0 saturated heterocycles. The first-order valence-electron chi connectivity index (χ1n) is 5.09. The van der Waals surface area contributed by atoms with Gasteiger partial charge in [0.05, 0.1) is 0 Å². The molecule has 1 aromatic carbocycles. The fourth-order valence-corrected chi connectivity index (χ4v) is 1.52. The van der Waals surface area contributed by atoms with Crippen LogP contribution >= 0.6 is 0 Å². The van der Waals surface area contributed by atoms with Crippen LogP contribution in [0.25, 0.3) is 11.4 Å². The van der Waals surface area contributed by atoms with Gasteiger partial charge in [0.15, 0.2) is 5.96 Å². The predicted octanol–water partition coefficient (Wildman–Crippen LogP) is 0.459. The third-order valence-corrected chi connectivity index (χ3v) is 2.31. The van der Waals surface area contributed by atoms with Gasteiger partial charge >= 0.3 is 0 Å². The second-order valence-electron chi connectivity index (χ2n) is 3.63. The maximum Gasteiger partial charge on any atom is 0.280 e. The number of hydrogen-bond acceptors (Lipinski definition) is 4. The lowest BCUT2D eigenvalue weighted by Crippen LogP contribution is -2.24. The van der Waals surface area contributed by atoms with Crippen molar-refractivity contribution in [3.8, 4) is 11.4 Å². The number of aliphatic imine (C=N–C) groups is 1. The van der Waals surface area contributed by atoms with E-state index in [2.05, 4.69) is 19.7 Å². The maximum atomic E-state index is 11.7. The van der Waals surface area contributed by atoms with Crippen LogP contribution in [-0.4, -0.2) is 22.0 Å². The molecule has 0 unspecified atom stereocenters. The summed E-state index contributed by atoms with van der Waals surface area (Å²) in [7, 11) is 0. The van der Waals surface area contributed by atoms with Crippen molar-refractivity contribution >= 4 is 11.9 Å². The smallest absolute Gasteiger partial charge is 0.280 e. The molecular weight excluding hydrogens is 234 g/mol. The van der Waals surface area contributed by atoms with Crippen molar-refractivity contribution in [2.24, 2.45) is 16.5 Å². The van der Waals surface area contributed by atoms with E-state index in [9.17, 15) is 4.79 Å². The first kappa shape index (κ1) is 11.8. The van der Waals surface area contributed by atoms with Crippen molar-refractivity contribution in [2.75, 3.05) is 0 Å². The summed E-state index contributed by atoms with van der Waals surface area (Å²) in [5.74, 6) is -0.284. The Labute approximate surface area is 103 Å². The second-order valence-corrected chi connectivity index (χ2v) is 3.63. The number of carbonyl (C=O) groups is 1. The van der Waals surface area contributed by atoms with Gasteiger partial charge in [0.1, 0.15) is 0 Å². The van der Waals surface area contributed by atoms with Gasteiger partial charge in [-0.25, -0.2) is 0 Å². The molecule has 0 aliphatic rings.